The summed E-state index contributed by atoms with van der Waals surface area (Å²) in [6.45, 7) is 6.72. The van der Waals surface area contributed by atoms with E-state index in [-0.39, 0.29) is 17.8 Å². The van der Waals surface area contributed by atoms with E-state index in [0.717, 1.165) is 12.2 Å². The van der Waals surface area contributed by atoms with Gasteiger partial charge in [0.15, 0.2) is 17.1 Å². The van der Waals surface area contributed by atoms with Crippen molar-refractivity contribution in [3.8, 4) is 5.75 Å². The molecular weight excluding hydrogens is 455 g/mol. The zero-order valence-corrected chi connectivity index (χ0v) is 19.9. The zero-order chi connectivity index (χ0) is 22.4. The van der Waals surface area contributed by atoms with Gasteiger partial charge in [-0.3, -0.25) is 4.79 Å². The van der Waals surface area contributed by atoms with E-state index in [2.05, 4.69) is 34.6 Å². The SMILES string of the molecule is CCc1ccc(OC(C)c2nnc(SCC(=O)Nc3cccc(Cl)c3Cl)n2CC)cc1. The Morgan fingerprint density at radius 1 is 1.16 bits per heavy atom. The molecule has 1 unspecified atom stereocenters. The van der Waals surface area contributed by atoms with Crippen LogP contribution in [0.3, 0.4) is 0 Å². The molecule has 6 nitrogen and oxygen atoms in total. The second-order valence-corrected chi connectivity index (χ2v) is 8.51. The van der Waals surface area contributed by atoms with E-state index >= 15 is 0 Å². The number of rotatable bonds is 9. The van der Waals surface area contributed by atoms with Crippen molar-refractivity contribution < 1.29 is 9.53 Å². The van der Waals surface area contributed by atoms with Crippen molar-refractivity contribution in [2.45, 2.75) is 45.0 Å². The van der Waals surface area contributed by atoms with Crippen LogP contribution in [0.4, 0.5) is 5.69 Å². The minimum absolute atomic E-state index is 0.161. The first-order chi connectivity index (χ1) is 14.9. The predicted molar refractivity (Wildman–Crippen MR) is 126 cm³/mol. The number of carbonyl (C=O) groups excluding carboxylic acids is 1. The van der Waals surface area contributed by atoms with Gasteiger partial charge in [-0.25, -0.2) is 0 Å². The average Bonchev–Trinajstić information content (AvgIpc) is 3.19. The van der Waals surface area contributed by atoms with Crippen molar-refractivity contribution in [3.05, 3.63) is 63.9 Å². The molecule has 3 rings (SSSR count). The number of ether oxygens (including phenoxy) is 1. The monoisotopic (exact) mass is 478 g/mol. The van der Waals surface area contributed by atoms with Gasteiger partial charge in [0.05, 0.1) is 21.5 Å². The number of carbonyl (C=O) groups is 1. The maximum absolute atomic E-state index is 12.4. The standard InChI is InChI=1S/C22H24Cl2N4O2S/c1-4-15-9-11-16(12-10-15)30-14(3)21-26-27-22(28(21)5-2)31-13-19(29)25-18-8-6-7-17(23)20(18)24/h6-12,14H,4-5,13H2,1-3H3,(H,25,29). The Hall–Kier alpha value is -2.22. The molecule has 164 valence electrons. The molecule has 0 saturated heterocycles. The molecule has 1 atom stereocenters. The van der Waals surface area contributed by atoms with Gasteiger partial charge in [-0.2, -0.15) is 0 Å². The van der Waals surface area contributed by atoms with E-state index in [9.17, 15) is 4.79 Å². The fourth-order valence-electron chi connectivity index (χ4n) is 2.98. The van der Waals surface area contributed by atoms with Gasteiger partial charge in [0.25, 0.3) is 0 Å². The zero-order valence-electron chi connectivity index (χ0n) is 17.6. The van der Waals surface area contributed by atoms with E-state index in [0.29, 0.717) is 33.3 Å². The van der Waals surface area contributed by atoms with Gasteiger partial charge in [-0.05, 0) is 50.1 Å². The molecule has 0 aliphatic rings. The van der Waals surface area contributed by atoms with Crippen LogP contribution in [0.5, 0.6) is 5.75 Å². The van der Waals surface area contributed by atoms with Crippen LogP contribution in [0, 0.1) is 0 Å². The minimum Gasteiger partial charge on any atom is -0.483 e. The van der Waals surface area contributed by atoms with E-state index in [1.807, 2.05) is 30.5 Å². The van der Waals surface area contributed by atoms with Crippen molar-refractivity contribution in [1.29, 1.82) is 0 Å². The highest BCUT2D eigenvalue weighted by Crippen LogP contribution is 2.30. The number of anilines is 1. The van der Waals surface area contributed by atoms with Crippen molar-refractivity contribution in [3.63, 3.8) is 0 Å². The van der Waals surface area contributed by atoms with Crippen molar-refractivity contribution in [1.82, 2.24) is 14.8 Å². The van der Waals surface area contributed by atoms with E-state index in [4.69, 9.17) is 27.9 Å². The molecule has 1 heterocycles. The third kappa shape index (κ3) is 5.93. The molecule has 0 aliphatic heterocycles. The first-order valence-corrected chi connectivity index (χ1v) is 11.7. The Kier molecular flexibility index (Phi) is 8.23. The summed E-state index contributed by atoms with van der Waals surface area (Å²) in [7, 11) is 0. The predicted octanol–water partition coefficient (Wildman–Crippen LogP) is 6.04. The first kappa shape index (κ1) is 23.4. The lowest BCUT2D eigenvalue weighted by molar-refractivity contribution is -0.113. The fraction of sp³-hybridized carbons (Fsp3) is 0.318. The van der Waals surface area contributed by atoms with Crippen LogP contribution in [-0.4, -0.2) is 26.4 Å². The van der Waals surface area contributed by atoms with E-state index < -0.39 is 0 Å². The van der Waals surface area contributed by atoms with Crippen LogP contribution in [0.25, 0.3) is 0 Å². The lowest BCUT2D eigenvalue weighted by atomic mass is 10.2. The molecule has 31 heavy (non-hydrogen) atoms. The summed E-state index contributed by atoms with van der Waals surface area (Å²) in [4.78, 5) is 12.4. The number of nitrogens with zero attached hydrogens (tertiary/aromatic N) is 3. The summed E-state index contributed by atoms with van der Waals surface area (Å²) in [5.74, 6) is 1.45. The number of amides is 1. The van der Waals surface area contributed by atoms with Crippen molar-refractivity contribution in [2.24, 2.45) is 0 Å². The topological polar surface area (TPSA) is 69.0 Å². The molecule has 1 N–H and O–H groups in total. The highest BCUT2D eigenvalue weighted by molar-refractivity contribution is 7.99. The van der Waals surface area contributed by atoms with Crippen LogP contribution in [0.1, 0.15) is 38.3 Å². The van der Waals surface area contributed by atoms with Gasteiger partial charge in [0.1, 0.15) is 5.75 Å². The number of hydrogen-bond acceptors (Lipinski definition) is 5. The molecule has 0 radical (unpaired) electrons. The summed E-state index contributed by atoms with van der Waals surface area (Å²) in [6.07, 6.45) is 0.700. The normalized spacial score (nSPS) is 11.9. The number of hydrogen-bond donors (Lipinski definition) is 1. The maximum atomic E-state index is 12.4. The number of benzene rings is 2. The lowest BCUT2D eigenvalue weighted by Gasteiger charge is -2.16. The molecule has 0 fully saturated rings. The van der Waals surface area contributed by atoms with Crippen LogP contribution >= 0.6 is 35.0 Å². The number of thioether (sulfide) groups is 1. The van der Waals surface area contributed by atoms with Crippen LogP contribution in [0.2, 0.25) is 10.0 Å². The summed E-state index contributed by atoms with van der Waals surface area (Å²) >= 11 is 13.4. The molecular formula is C22H24Cl2N4O2S. The minimum atomic E-state index is -0.284. The van der Waals surface area contributed by atoms with Gasteiger partial charge < -0.3 is 14.6 Å². The van der Waals surface area contributed by atoms with Gasteiger partial charge in [-0.1, -0.05) is 60.1 Å². The van der Waals surface area contributed by atoms with Gasteiger partial charge in [0.2, 0.25) is 5.91 Å². The molecule has 3 aromatic rings. The molecule has 2 aromatic carbocycles. The molecule has 0 bridgehead atoms. The van der Waals surface area contributed by atoms with Crippen molar-refractivity contribution >= 4 is 46.6 Å². The molecule has 0 saturated carbocycles. The number of aromatic nitrogens is 3. The average molecular weight is 479 g/mol. The van der Waals surface area contributed by atoms with Crippen LogP contribution in [0.15, 0.2) is 47.6 Å². The lowest BCUT2D eigenvalue weighted by Crippen LogP contribution is -2.15. The molecule has 1 aromatic heterocycles. The largest absolute Gasteiger partial charge is 0.483 e. The molecule has 0 aliphatic carbocycles. The van der Waals surface area contributed by atoms with E-state index in [1.165, 1.54) is 17.3 Å². The van der Waals surface area contributed by atoms with Gasteiger partial charge >= 0.3 is 0 Å². The Morgan fingerprint density at radius 2 is 1.90 bits per heavy atom. The first-order valence-electron chi connectivity index (χ1n) is 9.98. The van der Waals surface area contributed by atoms with Crippen LogP contribution < -0.4 is 10.1 Å². The Labute approximate surface area is 196 Å². The number of aryl methyl sites for hydroxylation is 1. The third-order valence-electron chi connectivity index (χ3n) is 4.63. The third-order valence-corrected chi connectivity index (χ3v) is 6.41. The smallest absolute Gasteiger partial charge is 0.234 e. The Bertz CT molecular complexity index is 1040. The Balaban J connectivity index is 1.63. The Morgan fingerprint density at radius 3 is 2.58 bits per heavy atom. The van der Waals surface area contributed by atoms with E-state index in [1.54, 1.807) is 18.2 Å². The quantitative estimate of drug-likeness (QED) is 0.379. The number of halogens is 2. The maximum Gasteiger partial charge on any atom is 0.234 e. The summed E-state index contributed by atoms with van der Waals surface area (Å²) < 4.78 is 8.00. The molecule has 9 heteroatoms. The van der Waals surface area contributed by atoms with Gasteiger partial charge in [0, 0.05) is 6.54 Å². The summed E-state index contributed by atoms with van der Waals surface area (Å²) in [6, 6.07) is 13.1. The van der Waals surface area contributed by atoms with Gasteiger partial charge in [-0.15, -0.1) is 10.2 Å². The second kappa shape index (κ2) is 10.9. The summed E-state index contributed by atoms with van der Waals surface area (Å²) in [5, 5.41) is 12.7. The second-order valence-electron chi connectivity index (χ2n) is 6.78. The van der Waals surface area contributed by atoms with Crippen LogP contribution in [-0.2, 0) is 17.8 Å². The molecule has 1 amide bonds. The number of nitrogens with one attached hydrogen (secondary N) is 1. The highest BCUT2D eigenvalue weighted by atomic mass is 35.5. The molecule has 0 spiro atoms. The summed E-state index contributed by atoms with van der Waals surface area (Å²) in [5.41, 5.74) is 1.74. The fourth-order valence-corrected chi connectivity index (χ4v) is 4.14. The van der Waals surface area contributed by atoms with Crippen molar-refractivity contribution in [2.75, 3.05) is 11.1 Å². The highest BCUT2D eigenvalue weighted by Gasteiger charge is 2.19.